The average molecular weight is 398 g/mol. The SMILES string of the molecule is O=C(NCCc1ccccn1)c1nc(-c2ncc(C(F)(F)F)cc2Cl)no1. The molecule has 3 heterocycles. The maximum atomic E-state index is 12.6. The summed E-state index contributed by atoms with van der Waals surface area (Å²) in [5, 5.41) is 5.81. The average Bonchev–Trinajstić information content (AvgIpc) is 3.11. The zero-order chi connectivity index (χ0) is 19.4. The molecule has 0 fully saturated rings. The zero-order valence-corrected chi connectivity index (χ0v) is 14.3. The second kappa shape index (κ2) is 7.70. The molecule has 0 atom stereocenters. The number of nitrogens with zero attached hydrogens (tertiary/aromatic N) is 4. The van der Waals surface area contributed by atoms with Crippen LogP contribution in [0.25, 0.3) is 11.5 Å². The lowest BCUT2D eigenvalue weighted by Crippen LogP contribution is -2.26. The van der Waals surface area contributed by atoms with Gasteiger partial charge in [0.1, 0.15) is 5.69 Å². The van der Waals surface area contributed by atoms with E-state index >= 15 is 0 Å². The van der Waals surface area contributed by atoms with Crippen molar-refractivity contribution in [2.24, 2.45) is 0 Å². The highest BCUT2D eigenvalue weighted by Gasteiger charge is 2.32. The number of alkyl halides is 3. The van der Waals surface area contributed by atoms with Gasteiger partial charge in [0, 0.05) is 31.1 Å². The second-order valence-corrected chi connectivity index (χ2v) is 5.71. The summed E-state index contributed by atoms with van der Waals surface area (Å²) >= 11 is 5.82. The molecule has 27 heavy (non-hydrogen) atoms. The van der Waals surface area contributed by atoms with E-state index in [1.165, 1.54) is 0 Å². The molecule has 7 nitrogen and oxygen atoms in total. The molecule has 0 saturated carbocycles. The molecule has 0 bridgehead atoms. The van der Waals surface area contributed by atoms with Crippen LogP contribution in [0, 0.1) is 0 Å². The molecule has 0 spiro atoms. The highest BCUT2D eigenvalue weighted by molar-refractivity contribution is 6.32. The van der Waals surface area contributed by atoms with Gasteiger partial charge in [0.2, 0.25) is 5.82 Å². The third-order valence-electron chi connectivity index (χ3n) is 3.39. The molecule has 11 heteroatoms. The summed E-state index contributed by atoms with van der Waals surface area (Å²) < 4.78 is 42.8. The Hall–Kier alpha value is -3.01. The van der Waals surface area contributed by atoms with Gasteiger partial charge in [-0.05, 0) is 18.2 Å². The first-order valence-corrected chi connectivity index (χ1v) is 7.97. The molecule has 0 aliphatic rings. The predicted octanol–water partition coefficient (Wildman–Crippen LogP) is 3.17. The lowest BCUT2D eigenvalue weighted by Gasteiger charge is -2.07. The molecule has 0 aliphatic carbocycles. The van der Waals surface area contributed by atoms with Crippen molar-refractivity contribution in [3.05, 3.63) is 58.8 Å². The van der Waals surface area contributed by atoms with Crippen LogP contribution >= 0.6 is 11.6 Å². The Morgan fingerprint density at radius 1 is 1.26 bits per heavy atom. The summed E-state index contributed by atoms with van der Waals surface area (Å²) in [5.41, 5.74) is -0.335. The number of carbonyl (C=O) groups excluding carboxylic acids is 1. The Kier molecular flexibility index (Phi) is 5.36. The van der Waals surface area contributed by atoms with Crippen molar-refractivity contribution >= 4 is 17.5 Å². The highest BCUT2D eigenvalue weighted by atomic mass is 35.5. The second-order valence-electron chi connectivity index (χ2n) is 5.30. The number of rotatable bonds is 5. The predicted molar refractivity (Wildman–Crippen MR) is 87.8 cm³/mol. The van der Waals surface area contributed by atoms with Gasteiger partial charge < -0.3 is 9.84 Å². The number of aromatic nitrogens is 4. The molecule has 0 aromatic carbocycles. The van der Waals surface area contributed by atoms with Gasteiger partial charge in [-0.1, -0.05) is 22.8 Å². The Morgan fingerprint density at radius 2 is 2.07 bits per heavy atom. The van der Waals surface area contributed by atoms with Crippen molar-refractivity contribution in [3.8, 4) is 11.5 Å². The van der Waals surface area contributed by atoms with Gasteiger partial charge in [0.15, 0.2) is 0 Å². The molecule has 0 radical (unpaired) electrons. The number of hydrogen-bond acceptors (Lipinski definition) is 6. The molecule has 3 rings (SSSR count). The van der Waals surface area contributed by atoms with E-state index in [1.807, 2.05) is 12.1 Å². The van der Waals surface area contributed by atoms with Crippen LogP contribution in [0.1, 0.15) is 21.9 Å². The Morgan fingerprint density at radius 3 is 2.74 bits per heavy atom. The van der Waals surface area contributed by atoms with E-state index in [0.29, 0.717) is 18.7 Å². The molecular weight excluding hydrogens is 387 g/mol. The van der Waals surface area contributed by atoms with Crippen LogP contribution in [0.15, 0.2) is 41.2 Å². The van der Waals surface area contributed by atoms with Crippen molar-refractivity contribution in [2.75, 3.05) is 6.54 Å². The zero-order valence-electron chi connectivity index (χ0n) is 13.5. The van der Waals surface area contributed by atoms with Gasteiger partial charge in [-0.2, -0.15) is 18.2 Å². The van der Waals surface area contributed by atoms with Crippen LogP contribution < -0.4 is 5.32 Å². The summed E-state index contributed by atoms with van der Waals surface area (Å²) in [6.07, 6.45) is -1.84. The third kappa shape index (κ3) is 4.59. The van der Waals surface area contributed by atoms with Gasteiger partial charge >= 0.3 is 18.0 Å². The maximum Gasteiger partial charge on any atom is 0.417 e. The Bertz CT molecular complexity index is 947. The standard InChI is InChI=1S/C16H11ClF3N5O2/c17-11-7-9(16(18,19)20)8-23-12(11)13-24-15(27-25-13)14(26)22-6-4-10-3-1-2-5-21-10/h1-3,5,7-8H,4,6H2,(H,22,26). The number of hydrogen-bond donors (Lipinski definition) is 1. The van der Waals surface area contributed by atoms with E-state index < -0.39 is 17.6 Å². The van der Waals surface area contributed by atoms with Crippen LogP contribution in [0.4, 0.5) is 13.2 Å². The minimum Gasteiger partial charge on any atom is -0.347 e. The number of nitrogens with one attached hydrogen (secondary N) is 1. The number of carbonyl (C=O) groups is 1. The van der Waals surface area contributed by atoms with Crippen LogP contribution in [0.2, 0.25) is 5.02 Å². The topological polar surface area (TPSA) is 93.8 Å². The van der Waals surface area contributed by atoms with Crippen LogP contribution in [0.5, 0.6) is 0 Å². The fraction of sp³-hybridized carbons (Fsp3) is 0.188. The summed E-state index contributed by atoms with van der Waals surface area (Å²) in [5.74, 6) is -1.18. The molecule has 0 saturated heterocycles. The number of halogens is 4. The van der Waals surface area contributed by atoms with E-state index in [4.69, 9.17) is 16.1 Å². The van der Waals surface area contributed by atoms with Crippen LogP contribution in [0.3, 0.4) is 0 Å². The molecule has 140 valence electrons. The summed E-state index contributed by atoms with van der Waals surface area (Å²) in [4.78, 5) is 23.6. The molecule has 3 aromatic heterocycles. The minimum atomic E-state index is -4.58. The monoisotopic (exact) mass is 397 g/mol. The first-order valence-electron chi connectivity index (χ1n) is 7.59. The fourth-order valence-electron chi connectivity index (χ4n) is 2.10. The highest BCUT2D eigenvalue weighted by Crippen LogP contribution is 2.33. The third-order valence-corrected chi connectivity index (χ3v) is 3.68. The maximum absolute atomic E-state index is 12.6. The molecular formula is C16H11ClF3N5O2. The molecule has 3 aromatic rings. The minimum absolute atomic E-state index is 0.124. The molecule has 0 aliphatic heterocycles. The van der Waals surface area contributed by atoms with Gasteiger partial charge in [0.05, 0.1) is 10.6 Å². The van der Waals surface area contributed by atoms with E-state index in [-0.39, 0.29) is 29.0 Å². The molecule has 1 amide bonds. The Balaban J connectivity index is 1.66. The van der Waals surface area contributed by atoms with Crippen molar-refractivity contribution in [2.45, 2.75) is 12.6 Å². The molecule has 1 N–H and O–H groups in total. The fourth-order valence-corrected chi connectivity index (χ4v) is 2.35. The largest absolute Gasteiger partial charge is 0.417 e. The van der Waals surface area contributed by atoms with E-state index in [2.05, 4.69) is 25.4 Å². The lowest BCUT2D eigenvalue weighted by atomic mass is 10.2. The quantitative estimate of drug-likeness (QED) is 0.710. The summed E-state index contributed by atoms with van der Waals surface area (Å²) in [6.45, 7) is 0.285. The Labute approximate surface area is 155 Å². The molecule has 0 unspecified atom stereocenters. The van der Waals surface area contributed by atoms with Gasteiger partial charge in [-0.25, -0.2) is 0 Å². The smallest absolute Gasteiger partial charge is 0.347 e. The van der Waals surface area contributed by atoms with Gasteiger partial charge in [-0.3, -0.25) is 14.8 Å². The van der Waals surface area contributed by atoms with E-state index in [9.17, 15) is 18.0 Å². The van der Waals surface area contributed by atoms with Crippen LogP contribution in [-0.2, 0) is 12.6 Å². The van der Waals surface area contributed by atoms with Crippen molar-refractivity contribution < 1.29 is 22.5 Å². The van der Waals surface area contributed by atoms with E-state index in [1.54, 1.807) is 12.3 Å². The van der Waals surface area contributed by atoms with Crippen molar-refractivity contribution in [1.29, 1.82) is 0 Å². The first kappa shape index (κ1) is 18.8. The van der Waals surface area contributed by atoms with Gasteiger partial charge in [-0.15, -0.1) is 0 Å². The normalized spacial score (nSPS) is 11.4. The van der Waals surface area contributed by atoms with Gasteiger partial charge in [0.25, 0.3) is 0 Å². The lowest BCUT2D eigenvalue weighted by molar-refractivity contribution is -0.137. The summed E-state index contributed by atoms with van der Waals surface area (Å²) in [6, 6.07) is 6.12. The van der Waals surface area contributed by atoms with Crippen LogP contribution in [-0.4, -0.2) is 32.6 Å². The summed E-state index contributed by atoms with van der Waals surface area (Å²) in [7, 11) is 0. The van der Waals surface area contributed by atoms with Crippen molar-refractivity contribution in [3.63, 3.8) is 0 Å². The van der Waals surface area contributed by atoms with E-state index in [0.717, 1.165) is 5.69 Å². The first-order chi connectivity index (χ1) is 12.8. The van der Waals surface area contributed by atoms with Crippen molar-refractivity contribution in [1.82, 2.24) is 25.4 Å². The number of pyridine rings is 2. The number of amides is 1.